The van der Waals surface area contributed by atoms with Crippen molar-refractivity contribution < 1.29 is 13.2 Å². The highest BCUT2D eigenvalue weighted by molar-refractivity contribution is 14.1. The molecule has 0 amide bonds. The van der Waals surface area contributed by atoms with Crippen LogP contribution in [-0.2, 0) is 6.18 Å². The highest BCUT2D eigenvalue weighted by atomic mass is 127. The second kappa shape index (κ2) is 6.36. The Labute approximate surface area is 135 Å². The minimum absolute atomic E-state index is 0.126. The average molecular weight is 405 g/mol. The zero-order valence-corrected chi connectivity index (χ0v) is 13.8. The normalized spacial score (nSPS) is 13.2. The molecule has 1 nitrogen and oxygen atoms in total. The Morgan fingerprint density at radius 2 is 1.67 bits per heavy atom. The Hall–Kier alpha value is -1.08. The molecule has 0 aromatic heterocycles. The molecule has 1 unspecified atom stereocenters. The van der Waals surface area contributed by atoms with Gasteiger partial charge in [-0.1, -0.05) is 30.3 Å². The van der Waals surface area contributed by atoms with E-state index in [-0.39, 0.29) is 6.04 Å². The summed E-state index contributed by atoms with van der Waals surface area (Å²) in [5.41, 5.74) is 2.41. The molecule has 2 aromatic carbocycles. The molecule has 5 heteroatoms. The molecule has 1 N–H and O–H groups in total. The maximum Gasteiger partial charge on any atom is 0.416 e. The first-order chi connectivity index (χ1) is 9.84. The first-order valence-electron chi connectivity index (χ1n) is 6.44. The van der Waals surface area contributed by atoms with Crippen molar-refractivity contribution in [1.29, 1.82) is 0 Å². The number of hydrogen-bond acceptors (Lipinski definition) is 1. The molecule has 0 radical (unpaired) electrons. The van der Waals surface area contributed by atoms with E-state index in [1.807, 2.05) is 25.1 Å². The van der Waals surface area contributed by atoms with Crippen LogP contribution in [0.2, 0.25) is 0 Å². The molecule has 0 bridgehead atoms. The zero-order chi connectivity index (χ0) is 15.6. The van der Waals surface area contributed by atoms with Crippen LogP contribution in [0.1, 0.15) is 28.3 Å². The molecule has 1 atom stereocenters. The first-order valence-corrected chi connectivity index (χ1v) is 7.52. The van der Waals surface area contributed by atoms with Gasteiger partial charge in [0, 0.05) is 3.57 Å². The standard InChI is InChI=1S/C16H15F3IN/c1-10-4-3-5-13(14(10)20)15(21-2)11-6-8-12(9-7-11)16(17,18)19/h3-9,15,21H,1-2H3. The Balaban J connectivity index is 2.40. The summed E-state index contributed by atoms with van der Waals surface area (Å²) >= 11 is 2.27. The Morgan fingerprint density at radius 1 is 1.05 bits per heavy atom. The summed E-state index contributed by atoms with van der Waals surface area (Å²) in [7, 11) is 1.81. The van der Waals surface area contributed by atoms with Crippen molar-refractivity contribution >= 4 is 22.6 Å². The number of aryl methyl sites for hydroxylation is 1. The van der Waals surface area contributed by atoms with Crippen LogP contribution in [-0.4, -0.2) is 7.05 Å². The van der Waals surface area contributed by atoms with E-state index in [4.69, 9.17) is 0 Å². The number of alkyl halides is 3. The number of nitrogens with one attached hydrogen (secondary N) is 1. The van der Waals surface area contributed by atoms with E-state index >= 15 is 0 Å². The molecule has 2 aromatic rings. The van der Waals surface area contributed by atoms with E-state index in [2.05, 4.69) is 27.9 Å². The molecule has 0 saturated heterocycles. The van der Waals surface area contributed by atoms with E-state index in [0.717, 1.165) is 32.4 Å². The van der Waals surface area contributed by atoms with Gasteiger partial charge in [0.05, 0.1) is 11.6 Å². The van der Waals surface area contributed by atoms with Crippen molar-refractivity contribution in [2.24, 2.45) is 0 Å². The lowest BCUT2D eigenvalue weighted by Crippen LogP contribution is -2.19. The Kier molecular flexibility index (Phi) is 4.93. The van der Waals surface area contributed by atoms with Crippen molar-refractivity contribution in [2.75, 3.05) is 7.05 Å². The maximum atomic E-state index is 12.6. The quantitative estimate of drug-likeness (QED) is 0.715. The second-order valence-electron chi connectivity index (χ2n) is 4.82. The third-order valence-electron chi connectivity index (χ3n) is 3.39. The van der Waals surface area contributed by atoms with Crippen LogP contribution in [0.15, 0.2) is 42.5 Å². The van der Waals surface area contributed by atoms with Gasteiger partial charge >= 0.3 is 6.18 Å². The fraction of sp³-hybridized carbons (Fsp3) is 0.250. The fourth-order valence-electron chi connectivity index (χ4n) is 2.26. The monoisotopic (exact) mass is 405 g/mol. The molecule has 0 aliphatic heterocycles. The molecule has 0 saturated carbocycles. The van der Waals surface area contributed by atoms with Crippen LogP contribution >= 0.6 is 22.6 Å². The summed E-state index contributed by atoms with van der Waals surface area (Å²) in [6, 6.07) is 11.2. The van der Waals surface area contributed by atoms with Crippen molar-refractivity contribution in [3.8, 4) is 0 Å². The van der Waals surface area contributed by atoms with Crippen molar-refractivity contribution in [3.63, 3.8) is 0 Å². The molecule has 0 spiro atoms. The summed E-state index contributed by atoms with van der Waals surface area (Å²) in [5, 5.41) is 3.17. The SMILES string of the molecule is CNC(c1ccc(C(F)(F)F)cc1)c1cccc(C)c1I. The smallest absolute Gasteiger partial charge is 0.309 e. The van der Waals surface area contributed by atoms with Gasteiger partial charge in [0.1, 0.15) is 0 Å². The number of halogens is 4. The van der Waals surface area contributed by atoms with Crippen LogP contribution in [0.5, 0.6) is 0 Å². The van der Waals surface area contributed by atoms with Gasteiger partial charge in [-0.15, -0.1) is 0 Å². The zero-order valence-electron chi connectivity index (χ0n) is 11.6. The maximum absolute atomic E-state index is 12.6. The van der Waals surface area contributed by atoms with Crippen molar-refractivity contribution in [1.82, 2.24) is 5.32 Å². The van der Waals surface area contributed by atoms with Crippen LogP contribution in [0.25, 0.3) is 0 Å². The lowest BCUT2D eigenvalue weighted by molar-refractivity contribution is -0.137. The Bertz CT molecular complexity index is 620. The number of hydrogen-bond donors (Lipinski definition) is 1. The van der Waals surface area contributed by atoms with Crippen molar-refractivity contribution in [2.45, 2.75) is 19.1 Å². The predicted octanol–water partition coefficient (Wildman–Crippen LogP) is 4.93. The van der Waals surface area contributed by atoms with E-state index < -0.39 is 11.7 Å². The van der Waals surface area contributed by atoms with Gasteiger partial charge in [-0.05, 0) is 65.4 Å². The number of benzene rings is 2. The fourth-order valence-corrected chi connectivity index (χ4v) is 2.93. The van der Waals surface area contributed by atoms with Gasteiger partial charge in [0.25, 0.3) is 0 Å². The molecule has 0 aliphatic rings. The molecular formula is C16H15F3IN. The predicted molar refractivity (Wildman–Crippen MR) is 86.2 cm³/mol. The van der Waals surface area contributed by atoms with E-state index in [1.165, 1.54) is 12.1 Å². The highest BCUT2D eigenvalue weighted by Gasteiger charge is 2.30. The summed E-state index contributed by atoms with van der Waals surface area (Å²) < 4.78 is 39.0. The molecule has 2 rings (SSSR count). The highest BCUT2D eigenvalue weighted by Crippen LogP contribution is 2.32. The lowest BCUT2D eigenvalue weighted by atomic mass is 9.96. The summed E-state index contributed by atoms with van der Waals surface area (Å²) in [5.74, 6) is 0. The first kappa shape index (κ1) is 16.3. The van der Waals surface area contributed by atoms with Crippen LogP contribution in [0, 0.1) is 10.5 Å². The third kappa shape index (κ3) is 3.58. The molecule has 0 heterocycles. The van der Waals surface area contributed by atoms with Crippen molar-refractivity contribution in [3.05, 3.63) is 68.3 Å². The number of rotatable bonds is 3. The van der Waals surface area contributed by atoms with E-state index in [9.17, 15) is 13.2 Å². The van der Waals surface area contributed by atoms with Gasteiger partial charge < -0.3 is 5.32 Å². The summed E-state index contributed by atoms with van der Waals surface area (Å²) in [6.45, 7) is 2.02. The van der Waals surface area contributed by atoms with Gasteiger partial charge in [0.15, 0.2) is 0 Å². The van der Waals surface area contributed by atoms with E-state index in [1.54, 1.807) is 7.05 Å². The Morgan fingerprint density at radius 3 is 2.19 bits per heavy atom. The molecule has 0 fully saturated rings. The van der Waals surface area contributed by atoms with Crippen LogP contribution in [0.4, 0.5) is 13.2 Å². The summed E-state index contributed by atoms with van der Waals surface area (Å²) in [6.07, 6.45) is -4.30. The molecule has 112 valence electrons. The second-order valence-corrected chi connectivity index (χ2v) is 5.90. The minimum Gasteiger partial charge on any atom is -0.309 e. The summed E-state index contributed by atoms with van der Waals surface area (Å²) in [4.78, 5) is 0. The molecular weight excluding hydrogens is 390 g/mol. The van der Waals surface area contributed by atoms with Gasteiger partial charge in [-0.2, -0.15) is 13.2 Å². The average Bonchev–Trinajstić information content (AvgIpc) is 2.44. The van der Waals surface area contributed by atoms with E-state index in [0.29, 0.717) is 0 Å². The minimum atomic E-state index is -4.30. The third-order valence-corrected chi connectivity index (χ3v) is 4.87. The van der Waals surface area contributed by atoms with Crippen LogP contribution in [0.3, 0.4) is 0 Å². The van der Waals surface area contributed by atoms with Gasteiger partial charge in [-0.3, -0.25) is 0 Å². The van der Waals surface area contributed by atoms with Crippen LogP contribution < -0.4 is 5.32 Å². The topological polar surface area (TPSA) is 12.0 Å². The molecule has 0 aliphatic carbocycles. The lowest BCUT2D eigenvalue weighted by Gasteiger charge is -2.20. The van der Waals surface area contributed by atoms with Gasteiger partial charge in [0.2, 0.25) is 0 Å². The largest absolute Gasteiger partial charge is 0.416 e. The van der Waals surface area contributed by atoms with Gasteiger partial charge in [-0.25, -0.2) is 0 Å². The molecule has 21 heavy (non-hydrogen) atoms.